The molecule has 4 nitrogen and oxygen atoms in total. The van der Waals surface area contributed by atoms with Crippen molar-refractivity contribution in [3.8, 4) is 33.8 Å². The van der Waals surface area contributed by atoms with Crippen LogP contribution in [-0.4, -0.2) is 15.0 Å². The van der Waals surface area contributed by atoms with Gasteiger partial charge in [0.15, 0.2) is 0 Å². The third kappa shape index (κ3) is 7.84. The molecule has 0 aliphatic rings. The van der Waals surface area contributed by atoms with Gasteiger partial charge in [0.2, 0.25) is 0 Å². The normalized spacial score (nSPS) is 10.2. The zero-order valence-corrected chi connectivity index (χ0v) is 26.9. The first-order valence-electron chi connectivity index (χ1n) is 14.3. The molecule has 4 heterocycles. The van der Waals surface area contributed by atoms with Crippen molar-refractivity contribution in [2.45, 2.75) is 6.92 Å². The summed E-state index contributed by atoms with van der Waals surface area (Å²) in [7, 11) is 0. The molecule has 45 heavy (non-hydrogen) atoms. The number of rotatable bonds is 3. The molecule has 0 N–H and O–H groups in total. The average Bonchev–Trinajstić information content (AvgIpc) is 3.50. The van der Waals surface area contributed by atoms with Gasteiger partial charge in [-0.05, 0) is 47.8 Å². The Balaban J connectivity index is 0.000000139. The Morgan fingerprint density at radius 2 is 1.13 bits per heavy atom. The van der Waals surface area contributed by atoms with Crippen LogP contribution in [0.1, 0.15) is 5.56 Å². The van der Waals surface area contributed by atoms with Gasteiger partial charge < -0.3 is 19.4 Å². The van der Waals surface area contributed by atoms with E-state index in [1.165, 1.54) is 0 Å². The van der Waals surface area contributed by atoms with Gasteiger partial charge in [0.1, 0.15) is 5.58 Å². The van der Waals surface area contributed by atoms with E-state index in [1.807, 2.05) is 134 Å². The molecule has 0 aliphatic carbocycles. The first-order chi connectivity index (χ1) is 21.8. The molecular formula is C40H28IrN3O. The molecule has 0 aliphatic heterocycles. The molecule has 0 bridgehead atoms. The van der Waals surface area contributed by atoms with Gasteiger partial charge in [-0.1, -0.05) is 65.5 Å². The van der Waals surface area contributed by atoms with E-state index < -0.39 is 0 Å². The van der Waals surface area contributed by atoms with Crippen LogP contribution in [0.2, 0.25) is 0 Å². The van der Waals surface area contributed by atoms with Crippen LogP contribution in [0.25, 0.3) is 55.7 Å². The van der Waals surface area contributed by atoms with E-state index in [9.17, 15) is 0 Å². The van der Waals surface area contributed by atoms with Crippen molar-refractivity contribution in [2.24, 2.45) is 0 Å². The van der Waals surface area contributed by atoms with Gasteiger partial charge in [0.25, 0.3) is 0 Å². The smallest absolute Gasteiger partial charge is 0.501 e. The Morgan fingerprint density at radius 1 is 0.511 bits per heavy atom. The largest absolute Gasteiger partial charge is 3.00 e. The maximum atomic E-state index is 6.00. The van der Waals surface area contributed by atoms with Crippen molar-refractivity contribution in [3.05, 3.63) is 176 Å². The first-order valence-corrected chi connectivity index (χ1v) is 14.3. The van der Waals surface area contributed by atoms with Gasteiger partial charge in [0, 0.05) is 24.0 Å². The monoisotopic (exact) mass is 759 g/mol. The molecule has 218 valence electrons. The van der Waals surface area contributed by atoms with E-state index in [1.54, 1.807) is 12.4 Å². The summed E-state index contributed by atoms with van der Waals surface area (Å²) in [6.45, 7) is 2.03. The minimum Gasteiger partial charge on any atom is -0.501 e. The molecule has 0 radical (unpaired) electrons. The van der Waals surface area contributed by atoms with Crippen molar-refractivity contribution in [1.29, 1.82) is 0 Å². The van der Waals surface area contributed by atoms with Crippen LogP contribution in [0.4, 0.5) is 0 Å². The summed E-state index contributed by atoms with van der Waals surface area (Å²) in [5.41, 5.74) is 8.72. The van der Waals surface area contributed by atoms with E-state index in [-0.39, 0.29) is 20.1 Å². The molecule has 0 amide bonds. The van der Waals surface area contributed by atoms with Crippen LogP contribution in [0.3, 0.4) is 0 Å². The van der Waals surface area contributed by atoms with Crippen molar-refractivity contribution in [3.63, 3.8) is 0 Å². The van der Waals surface area contributed by atoms with E-state index in [0.29, 0.717) is 0 Å². The number of furan rings is 1. The summed E-state index contributed by atoms with van der Waals surface area (Å²) < 4.78 is 6.00. The molecule has 4 aromatic carbocycles. The summed E-state index contributed by atoms with van der Waals surface area (Å²) in [5.74, 6) is 0. The first kappa shape index (κ1) is 31.2. The SMILES string of the molecule is Cc1ccc(-c2[c-]ccc3c2oc2ccccc23)nc1.[Ir+3].[c-]1ccccc1-c1ccccn1.[c-]1ccccc1-c1ccccn1. The second-order valence-corrected chi connectivity index (χ2v) is 9.90. The number of nitrogens with zero attached hydrogens (tertiary/aromatic N) is 3. The standard InChI is InChI=1S/C18H12NO.2C11H8N.Ir/c1-12-9-10-16(19-11-12)15-7-4-6-14-13-5-2-3-8-17(13)20-18(14)15;2*1-2-6-10(7-3-1)11-8-4-5-9-12-11;/h2-6,8-11H,1H3;2*1-6,8-9H;/q3*-1;+3. The van der Waals surface area contributed by atoms with Crippen LogP contribution in [0.15, 0.2) is 156 Å². The molecular weight excluding hydrogens is 731 g/mol. The second-order valence-electron chi connectivity index (χ2n) is 9.90. The van der Waals surface area contributed by atoms with Crippen molar-refractivity contribution in [2.75, 3.05) is 0 Å². The Labute approximate surface area is 276 Å². The zero-order chi connectivity index (χ0) is 30.0. The number of para-hydroxylation sites is 1. The molecule has 8 aromatic rings. The van der Waals surface area contributed by atoms with Crippen molar-refractivity contribution < 1.29 is 24.5 Å². The Kier molecular flexibility index (Phi) is 10.7. The number of hydrogen-bond acceptors (Lipinski definition) is 4. The van der Waals surface area contributed by atoms with Crippen LogP contribution in [0, 0.1) is 25.1 Å². The van der Waals surface area contributed by atoms with E-state index in [2.05, 4.69) is 45.3 Å². The number of aromatic nitrogens is 3. The molecule has 0 saturated heterocycles. The molecule has 0 spiro atoms. The van der Waals surface area contributed by atoms with Gasteiger partial charge in [-0.3, -0.25) is 0 Å². The van der Waals surface area contributed by atoms with Gasteiger partial charge >= 0.3 is 20.1 Å². The predicted molar refractivity (Wildman–Crippen MR) is 178 cm³/mol. The quantitative estimate of drug-likeness (QED) is 0.169. The van der Waals surface area contributed by atoms with Crippen molar-refractivity contribution >= 4 is 21.9 Å². The van der Waals surface area contributed by atoms with Crippen LogP contribution < -0.4 is 0 Å². The summed E-state index contributed by atoms with van der Waals surface area (Å²) in [6.07, 6.45) is 5.44. The Hall–Kier alpha value is -5.22. The number of benzene rings is 4. The van der Waals surface area contributed by atoms with E-state index in [0.717, 1.165) is 61.3 Å². The third-order valence-corrected chi connectivity index (χ3v) is 6.81. The molecule has 4 aromatic heterocycles. The minimum atomic E-state index is 0. The number of pyridine rings is 3. The maximum absolute atomic E-state index is 6.00. The molecule has 0 saturated carbocycles. The van der Waals surface area contributed by atoms with E-state index in [4.69, 9.17) is 4.42 Å². The minimum absolute atomic E-state index is 0. The fourth-order valence-electron chi connectivity index (χ4n) is 4.65. The predicted octanol–water partition coefficient (Wildman–Crippen LogP) is 9.85. The summed E-state index contributed by atoms with van der Waals surface area (Å²) in [4.78, 5) is 12.9. The fraction of sp³-hybridized carbons (Fsp3) is 0.0250. The average molecular weight is 759 g/mol. The maximum Gasteiger partial charge on any atom is 3.00 e. The molecule has 0 unspecified atom stereocenters. The fourth-order valence-corrected chi connectivity index (χ4v) is 4.65. The van der Waals surface area contributed by atoms with Gasteiger partial charge in [-0.25, -0.2) is 0 Å². The Bertz CT molecular complexity index is 1900. The zero-order valence-electron chi connectivity index (χ0n) is 24.5. The topological polar surface area (TPSA) is 51.8 Å². The number of hydrogen-bond donors (Lipinski definition) is 0. The second kappa shape index (κ2) is 15.5. The number of aryl methyl sites for hydroxylation is 1. The number of fused-ring (bicyclic) bond motifs is 3. The van der Waals surface area contributed by atoms with Crippen LogP contribution in [-0.2, 0) is 20.1 Å². The van der Waals surface area contributed by atoms with Crippen LogP contribution in [0.5, 0.6) is 0 Å². The third-order valence-electron chi connectivity index (χ3n) is 6.81. The summed E-state index contributed by atoms with van der Waals surface area (Å²) in [5, 5.41) is 2.24. The molecule has 8 rings (SSSR count). The van der Waals surface area contributed by atoms with Crippen LogP contribution >= 0.6 is 0 Å². The van der Waals surface area contributed by atoms with Gasteiger partial charge in [-0.2, -0.15) is 0 Å². The summed E-state index contributed by atoms with van der Waals surface area (Å²) in [6, 6.07) is 53.0. The van der Waals surface area contributed by atoms with Crippen molar-refractivity contribution in [1.82, 2.24) is 15.0 Å². The molecule has 0 atom stereocenters. The van der Waals surface area contributed by atoms with E-state index >= 15 is 0 Å². The Morgan fingerprint density at radius 3 is 1.69 bits per heavy atom. The van der Waals surface area contributed by atoms with Gasteiger partial charge in [0.05, 0.1) is 5.58 Å². The van der Waals surface area contributed by atoms with Gasteiger partial charge in [-0.15, -0.1) is 90.0 Å². The molecule has 5 heteroatoms. The molecule has 0 fully saturated rings. The summed E-state index contributed by atoms with van der Waals surface area (Å²) >= 11 is 0.